The lowest BCUT2D eigenvalue weighted by atomic mass is 10.1. The number of aryl methyl sites for hydroxylation is 1. The number of rotatable bonds is 3. The van der Waals surface area contributed by atoms with Gasteiger partial charge in [-0.2, -0.15) is 0 Å². The predicted molar refractivity (Wildman–Crippen MR) is 80.3 cm³/mol. The zero-order valence-electron chi connectivity index (χ0n) is 12.1. The maximum Gasteiger partial charge on any atom is 0.0234 e. The van der Waals surface area contributed by atoms with Gasteiger partial charge in [-0.3, -0.25) is 9.80 Å². The summed E-state index contributed by atoms with van der Waals surface area (Å²) in [6.45, 7) is 8.34. The Bertz CT molecular complexity index is 401. The van der Waals surface area contributed by atoms with Gasteiger partial charge < -0.3 is 0 Å². The average Bonchev–Trinajstić information content (AvgIpc) is 2.94. The first-order valence-electron chi connectivity index (χ1n) is 7.83. The number of hydrogen-bond acceptors (Lipinski definition) is 2. The molecule has 0 atom stereocenters. The van der Waals surface area contributed by atoms with Crippen molar-refractivity contribution in [3.63, 3.8) is 0 Å². The van der Waals surface area contributed by atoms with Crippen molar-refractivity contribution in [1.82, 2.24) is 9.80 Å². The quantitative estimate of drug-likeness (QED) is 0.822. The van der Waals surface area contributed by atoms with Gasteiger partial charge in [-0.1, -0.05) is 42.7 Å². The summed E-state index contributed by atoms with van der Waals surface area (Å²) in [6.07, 6.45) is 5.79. The molecule has 104 valence electrons. The van der Waals surface area contributed by atoms with Crippen LogP contribution in [0.3, 0.4) is 0 Å². The standard InChI is InChI=1S/C17H26N2/c1-15-5-4-6-16(13-15)14-18-9-11-19(12-10-18)17-7-2-3-8-17/h4-6,13,17H,2-3,7-12,14H2,1H3. The Morgan fingerprint density at radius 3 is 2.47 bits per heavy atom. The number of hydrogen-bond donors (Lipinski definition) is 0. The molecule has 0 bridgehead atoms. The molecule has 0 unspecified atom stereocenters. The van der Waals surface area contributed by atoms with Crippen LogP contribution in [0.4, 0.5) is 0 Å². The van der Waals surface area contributed by atoms with Crippen molar-refractivity contribution in [2.45, 2.75) is 45.2 Å². The fourth-order valence-corrected chi connectivity index (χ4v) is 3.62. The van der Waals surface area contributed by atoms with Crippen molar-refractivity contribution < 1.29 is 0 Å². The molecule has 0 radical (unpaired) electrons. The molecular formula is C17H26N2. The van der Waals surface area contributed by atoms with Gasteiger partial charge in [0, 0.05) is 38.8 Å². The largest absolute Gasteiger partial charge is 0.298 e. The van der Waals surface area contributed by atoms with E-state index < -0.39 is 0 Å². The summed E-state index contributed by atoms with van der Waals surface area (Å²) >= 11 is 0. The van der Waals surface area contributed by atoms with Crippen LogP contribution in [0.15, 0.2) is 24.3 Å². The fraction of sp³-hybridized carbons (Fsp3) is 0.647. The third-order valence-corrected chi connectivity index (χ3v) is 4.74. The molecule has 3 rings (SSSR count). The van der Waals surface area contributed by atoms with Gasteiger partial charge in [0.2, 0.25) is 0 Å². The summed E-state index contributed by atoms with van der Waals surface area (Å²) < 4.78 is 0. The molecule has 0 amide bonds. The third kappa shape index (κ3) is 3.37. The Labute approximate surface area is 117 Å². The summed E-state index contributed by atoms with van der Waals surface area (Å²) in [5.41, 5.74) is 2.84. The first kappa shape index (κ1) is 13.1. The van der Waals surface area contributed by atoms with Crippen molar-refractivity contribution in [3.8, 4) is 0 Å². The molecule has 1 aromatic rings. The molecule has 0 aromatic heterocycles. The van der Waals surface area contributed by atoms with Crippen LogP contribution in [-0.4, -0.2) is 42.0 Å². The second-order valence-electron chi connectivity index (χ2n) is 6.24. The van der Waals surface area contributed by atoms with E-state index in [4.69, 9.17) is 0 Å². The van der Waals surface area contributed by atoms with Crippen LogP contribution in [0.1, 0.15) is 36.8 Å². The molecule has 1 saturated heterocycles. The van der Waals surface area contributed by atoms with E-state index in [1.54, 1.807) is 0 Å². The minimum Gasteiger partial charge on any atom is -0.298 e. The van der Waals surface area contributed by atoms with Crippen molar-refractivity contribution in [2.75, 3.05) is 26.2 Å². The summed E-state index contributed by atoms with van der Waals surface area (Å²) in [6, 6.07) is 9.85. The van der Waals surface area contributed by atoms with E-state index in [0.29, 0.717) is 0 Å². The van der Waals surface area contributed by atoms with Gasteiger partial charge in [-0.25, -0.2) is 0 Å². The van der Waals surface area contributed by atoms with Crippen LogP contribution in [0.2, 0.25) is 0 Å². The zero-order chi connectivity index (χ0) is 13.1. The third-order valence-electron chi connectivity index (χ3n) is 4.74. The molecule has 1 saturated carbocycles. The van der Waals surface area contributed by atoms with Crippen LogP contribution >= 0.6 is 0 Å². The molecule has 0 spiro atoms. The van der Waals surface area contributed by atoms with Gasteiger partial charge in [0.05, 0.1) is 0 Å². The van der Waals surface area contributed by atoms with Gasteiger partial charge in [0.15, 0.2) is 0 Å². The van der Waals surface area contributed by atoms with Crippen molar-refractivity contribution >= 4 is 0 Å². The zero-order valence-corrected chi connectivity index (χ0v) is 12.1. The van der Waals surface area contributed by atoms with E-state index in [0.717, 1.165) is 12.6 Å². The second-order valence-corrected chi connectivity index (χ2v) is 6.24. The Morgan fingerprint density at radius 1 is 1.05 bits per heavy atom. The fourth-order valence-electron chi connectivity index (χ4n) is 3.62. The highest BCUT2D eigenvalue weighted by atomic mass is 15.3. The molecule has 1 aliphatic heterocycles. The van der Waals surface area contributed by atoms with Crippen LogP contribution in [0, 0.1) is 6.92 Å². The van der Waals surface area contributed by atoms with Crippen LogP contribution in [-0.2, 0) is 6.54 Å². The number of benzene rings is 1. The monoisotopic (exact) mass is 258 g/mol. The first-order valence-corrected chi connectivity index (χ1v) is 7.83. The number of nitrogens with zero attached hydrogens (tertiary/aromatic N) is 2. The van der Waals surface area contributed by atoms with Crippen molar-refractivity contribution in [1.29, 1.82) is 0 Å². The van der Waals surface area contributed by atoms with Gasteiger partial charge >= 0.3 is 0 Å². The molecule has 2 heteroatoms. The SMILES string of the molecule is Cc1cccc(CN2CCN(C3CCCC3)CC2)c1. The molecule has 2 aliphatic rings. The van der Waals surface area contributed by atoms with Crippen LogP contribution in [0.5, 0.6) is 0 Å². The van der Waals surface area contributed by atoms with Crippen LogP contribution in [0.25, 0.3) is 0 Å². The maximum atomic E-state index is 2.74. The average molecular weight is 258 g/mol. The Morgan fingerprint density at radius 2 is 1.79 bits per heavy atom. The summed E-state index contributed by atoms with van der Waals surface area (Å²) in [5, 5.41) is 0. The van der Waals surface area contributed by atoms with Gasteiger partial charge in [-0.15, -0.1) is 0 Å². The molecule has 1 aromatic carbocycles. The smallest absolute Gasteiger partial charge is 0.0234 e. The highest BCUT2D eigenvalue weighted by Gasteiger charge is 2.25. The molecule has 1 aliphatic carbocycles. The Kier molecular flexibility index (Phi) is 4.19. The molecule has 2 fully saturated rings. The lowest BCUT2D eigenvalue weighted by Crippen LogP contribution is -2.49. The first-order chi connectivity index (χ1) is 9.31. The number of piperazine rings is 1. The van der Waals surface area contributed by atoms with E-state index in [-0.39, 0.29) is 0 Å². The summed E-state index contributed by atoms with van der Waals surface area (Å²) in [5.74, 6) is 0. The normalized spacial score (nSPS) is 23.0. The minimum atomic E-state index is 0.904. The Balaban J connectivity index is 1.50. The lowest BCUT2D eigenvalue weighted by Gasteiger charge is -2.38. The molecule has 1 heterocycles. The minimum absolute atomic E-state index is 0.904. The molecule has 0 N–H and O–H groups in total. The van der Waals surface area contributed by atoms with E-state index in [1.807, 2.05) is 0 Å². The van der Waals surface area contributed by atoms with Crippen molar-refractivity contribution in [2.24, 2.45) is 0 Å². The van der Waals surface area contributed by atoms with Crippen molar-refractivity contribution in [3.05, 3.63) is 35.4 Å². The topological polar surface area (TPSA) is 6.48 Å². The highest BCUT2D eigenvalue weighted by molar-refractivity contribution is 5.22. The molecule has 2 nitrogen and oxygen atoms in total. The van der Waals surface area contributed by atoms with E-state index >= 15 is 0 Å². The molecular weight excluding hydrogens is 232 g/mol. The summed E-state index contributed by atoms with van der Waals surface area (Å²) in [7, 11) is 0. The van der Waals surface area contributed by atoms with Gasteiger partial charge in [0.1, 0.15) is 0 Å². The lowest BCUT2D eigenvalue weighted by molar-refractivity contribution is 0.0937. The summed E-state index contributed by atoms with van der Waals surface area (Å²) in [4.78, 5) is 5.35. The van der Waals surface area contributed by atoms with Gasteiger partial charge in [0.25, 0.3) is 0 Å². The second kappa shape index (κ2) is 6.06. The Hall–Kier alpha value is -0.860. The highest BCUT2D eigenvalue weighted by Crippen LogP contribution is 2.24. The van der Waals surface area contributed by atoms with Gasteiger partial charge in [-0.05, 0) is 25.3 Å². The van der Waals surface area contributed by atoms with E-state index in [2.05, 4.69) is 41.0 Å². The van der Waals surface area contributed by atoms with Crippen LogP contribution < -0.4 is 0 Å². The molecule has 19 heavy (non-hydrogen) atoms. The van der Waals surface area contributed by atoms with E-state index in [9.17, 15) is 0 Å². The maximum absolute atomic E-state index is 2.74. The predicted octanol–water partition coefficient (Wildman–Crippen LogP) is 3.06. The van der Waals surface area contributed by atoms with E-state index in [1.165, 1.54) is 63.0 Å².